The number of aliphatic hydroxyl groups is 1. The highest BCUT2D eigenvalue weighted by atomic mass is 16.5. The molecule has 0 bridgehead atoms. The molecule has 1 amide bonds. The van der Waals surface area contributed by atoms with Gasteiger partial charge in [0.1, 0.15) is 11.6 Å². The summed E-state index contributed by atoms with van der Waals surface area (Å²) in [5.41, 5.74) is 2.09. The van der Waals surface area contributed by atoms with E-state index in [1.165, 1.54) is 24.9 Å². The van der Waals surface area contributed by atoms with Gasteiger partial charge < -0.3 is 24.8 Å². The van der Waals surface area contributed by atoms with Crippen molar-refractivity contribution in [3.8, 4) is 6.07 Å². The maximum Gasteiger partial charge on any atom is 0.262 e. The lowest BCUT2D eigenvalue weighted by Gasteiger charge is -2.36. The molecular formula is C26H33N3O4. The number of amides is 1. The predicted molar refractivity (Wildman–Crippen MR) is 130 cm³/mol. The van der Waals surface area contributed by atoms with Crippen LogP contribution in [0, 0.1) is 11.3 Å². The fourth-order valence-electron chi connectivity index (χ4n) is 4.10. The van der Waals surface area contributed by atoms with Gasteiger partial charge in [0.25, 0.3) is 5.91 Å². The molecule has 2 aromatic carbocycles. The zero-order valence-corrected chi connectivity index (χ0v) is 19.3. The van der Waals surface area contributed by atoms with Crippen LogP contribution in [-0.2, 0) is 14.3 Å². The Kier molecular flexibility index (Phi) is 9.70. The van der Waals surface area contributed by atoms with Crippen LogP contribution in [0.25, 0.3) is 16.8 Å². The summed E-state index contributed by atoms with van der Waals surface area (Å²) in [5.74, 6) is -0.421. The molecule has 176 valence electrons. The Hall–Kier alpha value is -2.92. The molecule has 0 saturated carbocycles. The number of nitrogens with zero attached hydrogens (tertiary/aromatic N) is 2. The molecule has 0 radical (unpaired) electrons. The molecule has 1 saturated heterocycles. The molecule has 0 spiro atoms. The SMILES string of the molecule is CC1CCCCN1c1cccc2ccc(/C=C(\C#N)C(=O)NCCOCCOCCO)cc12. The van der Waals surface area contributed by atoms with Crippen LogP contribution < -0.4 is 10.2 Å². The largest absolute Gasteiger partial charge is 0.394 e. The summed E-state index contributed by atoms with van der Waals surface area (Å²) < 4.78 is 10.5. The monoisotopic (exact) mass is 451 g/mol. The number of carbonyl (C=O) groups excluding carboxylic acids is 1. The number of aliphatic hydroxyl groups excluding tert-OH is 1. The third-order valence-electron chi connectivity index (χ3n) is 5.81. The van der Waals surface area contributed by atoms with Crippen molar-refractivity contribution in [3.05, 3.63) is 47.5 Å². The van der Waals surface area contributed by atoms with Gasteiger partial charge in [-0.2, -0.15) is 5.26 Å². The highest BCUT2D eigenvalue weighted by molar-refractivity contribution is 6.03. The molecule has 1 unspecified atom stereocenters. The number of nitrogens with one attached hydrogen (secondary N) is 1. The van der Waals surface area contributed by atoms with Crippen molar-refractivity contribution < 1.29 is 19.4 Å². The van der Waals surface area contributed by atoms with Gasteiger partial charge in [0.2, 0.25) is 0 Å². The molecule has 1 aliphatic rings. The summed E-state index contributed by atoms with van der Waals surface area (Å²) in [5, 5.41) is 23.2. The topological polar surface area (TPSA) is 94.8 Å². The average Bonchev–Trinajstić information content (AvgIpc) is 2.84. The number of ether oxygens (including phenoxy) is 2. The van der Waals surface area contributed by atoms with Crippen molar-refractivity contribution in [2.24, 2.45) is 0 Å². The number of rotatable bonds is 11. The molecule has 1 aliphatic heterocycles. The molecule has 0 aliphatic carbocycles. The number of piperidine rings is 1. The average molecular weight is 452 g/mol. The molecule has 0 aromatic heterocycles. The fraction of sp³-hybridized carbons (Fsp3) is 0.462. The van der Waals surface area contributed by atoms with Crippen LogP contribution in [0.3, 0.4) is 0 Å². The lowest BCUT2D eigenvalue weighted by Crippen LogP contribution is -2.37. The second-order valence-corrected chi connectivity index (χ2v) is 8.17. The van der Waals surface area contributed by atoms with E-state index < -0.39 is 5.91 Å². The number of anilines is 1. The number of hydrogen-bond acceptors (Lipinski definition) is 6. The number of hydrogen-bond donors (Lipinski definition) is 2. The molecule has 1 atom stereocenters. The molecule has 2 aromatic rings. The van der Waals surface area contributed by atoms with Crippen molar-refractivity contribution in [2.75, 3.05) is 51.0 Å². The summed E-state index contributed by atoms with van der Waals surface area (Å²) in [6, 6.07) is 14.9. The second-order valence-electron chi connectivity index (χ2n) is 8.17. The zero-order chi connectivity index (χ0) is 23.5. The minimum absolute atomic E-state index is 0.0186. The minimum atomic E-state index is -0.421. The summed E-state index contributed by atoms with van der Waals surface area (Å²) in [4.78, 5) is 14.9. The van der Waals surface area contributed by atoms with E-state index in [2.05, 4.69) is 41.4 Å². The van der Waals surface area contributed by atoms with Gasteiger partial charge >= 0.3 is 0 Å². The normalized spacial score (nSPS) is 16.6. The van der Waals surface area contributed by atoms with Crippen molar-refractivity contribution in [2.45, 2.75) is 32.2 Å². The third-order valence-corrected chi connectivity index (χ3v) is 5.81. The van der Waals surface area contributed by atoms with Crippen LogP contribution in [-0.4, -0.2) is 63.2 Å². The Morgan fingerprint density at radius 2 is 2.03 bits per heavy atom. The van der Waals surface area contributed by atoms with E-state index in [9.17, 15) is 10.1 Å². The molecule has 1 fully saturated rings. The first-order chi connectivity index (χ1) is 16.1. The predicted octanol–water partition coefficient (Wildman–Crippen LogP) is 3.27. The minimum Gasteiger partial charge on any atom is -0.394 e. The van der Waals surface area contributed by atoms with Gasteiger partial charge in [0, 0.05) is 30.2 Å². The van der Waals surface area contributed by atoms with E-state index in [4.69, 9.17) is 14.6 Å². The molecule has 7 nitrogen and oxygen atoms in total. The van der Waals surface area contributed by atoms with Gasteiger partial charge in [-0.15, -0.1) is 0 Å². The smallest absolute Gasteiger partial charge is 0.262 e. The van der Waals surface area contributed by atoms with Crippen LogP contribution in [0.2, 0.25) is 0 Å². The first kappa shape index (κ1) is 24.7. The molecule has 3 rings (SSSR count). The van der Waals surface area contributed by atoms with E-state index in [1.54, 1.807) is 6.08 Å². The lowest BCUT2D eigenvalue weighted by molar-refractivity contribution is -0.117. The van der Waals surface area contributed by atoms with Gasteiger partial charge in [-0.25, -0.2) is 0 Å². The van der Waals surface area contributed by atoms with E-state index in [0.717, 1.165) is 22.9 Å². The Morgan fingerprint density at radius 1 is 1.21 bits per heavy atom. The fourth-order valence-corrected chi connectivity index (χ4v) is 4.10. The quantitative estimate of drug-likeness (QED) is 0.309. The summed E-state index contributed by atoms with van der Waals surface area (Å²) in [6.07, 6.45) is 5.28. The van der Waals surface area contributed by atoms with Gasteiger partial charge in [0.15, 0.2) is 0 Å². The van der Waals surface area contributed by atoms with Crippen molar-refractivity contribution in [1.82, 2.24) is 5.32 Å². The van der Waals surface area contributed by atoms with Crippen molar-refractivity contribution in [3.63, 3.8) is 0 Å². The highest BCUT2D eigenvalue weighted by Crippen LogP contribution is 2.32. The second kappa shape index (κ2) is 12.9. The number of nitriles is 1. The molecule has 2 N–H and O–H groups in total. The molecule has 7 heteroatoms. The Morgan fingerprint density at radius 3 is 2.79 bits per heavy atom. The maximum atomic E-state index is 12.5. The van der Waals surface area contributed by atoms with Crippen molar-refractivity contribution in [1.29, 1.82) is 5.26 Å². The Bertz CT molecular complexity index is 999. The lowest BCUT2D eigenvalue weighted by atomic mass is 9.99. The molecule has 33 heavy (non-hydrogen) atoms. The van der Waals surface area contributed by atoms with Crippen LogP contribution in [0.1, 0.15) is 31.7 Å². The van der Waals surface area contributed by atoms with Crippen LogP contribution >= 0.6 is 0 Å². The first-order valence-corrected chi connectivity index (χ1v) is 11.6. The van der Waals surface area contributed by atoms with Gasteiger partial charge in [-0.05, 0) is 55.3 Å². The zero-order valence-electron chi connectivity index (χ0n) is 19.3. The van der Waals surface area contributed by atoms with Crippen molar-refractivity contribution >= 4 is 28.4 Å². The van der Waals surface area contributed by atoms with E-state index in [1.807, 2.05) is 18.2 Å². The van der Waals surface area contributed by atoms with Gasteiger partial charge in [-0.1, -0.05) is 24.3 Å². The summed E-state index contributed by atoms with van der Waals surface area (Å²) >= 11 is 0. The first-order valence-electron chi connectivity index (χ1n) is 11.6. The number of benzene rings is 2. The van der Waals surface area contributed by atoms with Crippen LogP contribution in [0.15, 0.2) is 42.0 Å². The molecule has 1 heterocycles. The highest BCUT2D eigenvalue weighted by Gasteiger charge is 2.20. The van der Waals surface area contributed by atoms with Crippen LogP contribution in [0.5, 0.6) is 0 Å². The summed E-state index contributed by atoms with van der Waals surface area (Å²) in [6.45, 7) is 4.96. The Balaban J connectivity index is 1.66. The van der Waals surface area contributed by atoms with E-state index >= 15 is 0 Å². The Labute approximate surface area is 195 Å². The number of carbonyl (C=O) groups is 1. The van der Waals surface area contributed by atoms with Gasteiger partial charge in [-0.3, -0.25) is 4.79 Å². The van der Waals surface area contributed by atoms with Gasteiger partial charge in [0.05, 0.1) is 33.0 Å². The molecular weight excluding hydrogens is 418 g/mol. The van der Waals surface area contributed by atoms with E-state index in [-0.39, 0.29) is 18.8 Å². The maximum absolute atomic E-state index is 12.5. The number of fused-ring (bicyclic) bond motifs is 1. The van der Waals surface area contributed by atoms with Crippen LogP contribution in [0.4, 0.5) is 5.69 Å². The standard InChI is InChI=1S/C26H33N3O4/c1-20-5-2-3-11-29(20)25-7-4-6-22-9-8-21(18-24(22)25)17-23(19-27)26(31)28-10-13-32-15-16-33-14-12-30/h4,6-9,17-18,20,30H,2-3,5,10-16H2,1H3,(H,28,31)/b23-17+. The third kappa shape index (κ3) is 7.03. The summed E-state index contributed by atoms with van der Waals surface area (Å²) in [7, 11) is 0. The van der Waals surface area contributed by atoms with E-state index in [0.29, 0.717) is 32.4 Å².